The van der Waals surface area contributed by atoms with Gasteiger partial charge in [-0.05, 0) is 54.4 Å². The van der Waals surface area contributed by atoms with Gasteiger partial charge in [0, 0.05) is 18.0 Å². The zero-order chi connectivity index (χ0) is 26.5. The molecule has 1 aliphatic rings. The van der Waals surface area contributed by atoms with Gasteiger partial charge in [-0.15, -0.1) is 0 Å². The molecule has 4 aromatic rings. The Bertz CT molecular complexity index is 1450. The van der Waals surface area contributed by atoms with Crippen LogP contribution < -0.4 is 9.47 Å². The Kier molecular flexibility index (Phi) is 7.21. The molecular weight excluding hydrogens is 484 g/mol. The second-order valence-electron chi connectivity index (χ2n) is 8.66. The van der Waals surface area contributed by atoms with Crippen LogP contribution in [0.3, 0.4) is 0 Å². The van der Waals surface area contributed by atoms with Crippen molar-refractivity contribution in [2.24, 2.45) is 0 Å². The molecule has 0 bridgehead atoms. The van der Waals surface area contributed by atoms with Crippen LogP contribution in [-0.4, -0.2) is 33.3 Å². The number of benzene rings is 2. The summed E-state index contributed by atoms with van der Waals surface area (Å²) in [4.78, 5) is 31.9. The highest BCUT2D eigenvalue weighted by atomic mass is 16.5. The summed E-state index contributed by atoms with van der Waals surface area (Å²) in [5, 5.41) is 11.2. The molecule has 1 amide bonds. The molecule has 0 radical (unpaired) electrons. The van der Waals surface area contributed by atoms with Gasteiger partial charge in [0.25, 0.3) is 11.7 Å². The minimum atomic E-state index is -0.879. The molecule has 3 heterocycles. The lowest BCUT2D eigenvalue weighted by Gasteiger charge is -2.25. The summed E-state index contributed by atoms with van der Waals surface area (Å²) >= 11 is 0. The minimum Gasteiger partial charge on any atom is -0.507 e. The number of ketones is 1. The fourth-order valence-electron chi connectivity index (χ4n) is 4.44. The van der Waals surface area contributed by atoms with Gasteiger partial charge in [-0.3, -0.25) is 14.6 Å². The lowest BCUT2D eigenvalue weighted by atomic mass is 9.95. The lowest BCUT2D eigenvalue weighted by molar-refractivity contribution is -0.140. The predicted molar refractivity (Wildman–Crippen MR) is 139 cm³/mol. The van der Waals surface area contributed by atoms with Gasteiger partial charge in [-0.1, -0.05) is 36.4 Å². The standard InChI is InChI=1S/C30H26N2O6/c1-2-36-25-17-22(10-11-24(25)38-19-20-7-4-3-5-8-20)27-26(28(33)21-12-14-31-15-13-21)29(34)30(35)32(27)18-23-9-6-16-37-23/h3-17,27,33H,2,18-19H2,1H3/b28-26+. The van der Waals surface area contributed by atoms with Crippen molar-refractivity contribution in [3.05, 3.63) is 119 Å². The Morgan fingerprint density at radius 3 is 2.47 bits per heavy atom. The van der Waals surface area contributed by atoms with E-state index in [0.29, 0.717) is 41.6 Å². The van der Waals surface area contributed by atoms with E-state index in [1.165, 1.54) is 23.6 Å². The summed E-state index contributed by atoms with van der Waals surface area (Å²) < 4.78 is 17.4. The fraction of sp³-hybridized carbons (Fsp3) is 0.167. The van der Waals surface area contributed by atoms with Crippen LogP contribution in [-0.2, 0) is 22.7 Å². The van der Waals surface area contributed by atoms with Gasteiger partial charge in [-0.25, -0.2) is 0 Å². The molecule has 1 N–H and O–H groups in total. The first-order chi connectivity index (χ1) is 18.6. The maximum atomic E-state index is 13.3. The number of likely N-dealkylation sites (tertiary alicyclic amines) is 1. The monoisotopic (exact) mass is 510 g/mol. The summed E-state index contributed by atoms with van der Waals surface area (Å²) in [6, 6.07) is 20.8. The number of hydrogen-bond acceptors (Lipinski definition) is 7. The number of aliphatic hydroxyl groups excluding tert-OH is 1. The van der Waals surface area contributed by atoms with Crippen LogP contribution >= 0.6 is 0 Å². The van der Waals surface area contributed by atoms with Gasteiger partial charge in [0.05, 0.1) is 31.0 Å². The third kappa shape index (κ3) is 5.01. The van der Waals surface area contributed by atoms with Crippen LogP contribution in [0.15, 0.2) is 101 Å². The minimum absolute atomic E-state index is 0.0202. The fourth-order valence-corrected chi connectivity index (χ4v) is 4.44. The van der Waals surface area contributed by atoms with Crippen molar-refractivity contribution >= 4 is 17.4 Å². The number of amides is 1. The highest BCUT2D eigenvalue weighted by molar-refractivity contribution is 6.46. The van der Waals surface area contributed by atoms with E-state index in [4.69, 9.17) is 13.9 Å². The molecular formula is C30H26N2O6. The van der Waals surface area contributed by atoms with E-state index in [0.717, 1.165) is 5.56 Å². The Labute approximate surface area is 219 Å². The van der Waals surface area contributed by atoms with Crippen LogP contribution in [0.4, 0.5) is 0 Å². The highest BCUT2D eigenvalue weighted by Gasteiger charge is 2.46. The highest BCUT2D eigenvalue weighted by Crippen LogP contribution is 2.42. The van der Waals surface area contributed by atoms with E-state index >= 15 is 0 Å². The summed E-state index contributed by atoms with van der Waals surface area (Å²) in [5.41, 5.74) is 1.95. The van der Waals surface area contributed by atoms with Crippen molar-refractivity contribution in [1.29, 1.82) is 0 Å². The maximum Gasteiger partial charge on any atom is 0.296 e. The van der Waals surface area contributed by atoms with Crippen molar-refractivity contribution < 1.29 is 28.6 Å². The molecule has 1 fully saturated rings. The Morgan fingerprint density at radius 2 is 1.76 bits per heavy atom. The summed E-state index contributed by atoms with van der Waals surface area (Å²) in [6.45, 7) is 2.64. The number of aliphatic hydroxyl groups is 1. The molecule has 1 atom stereocenters. The molecule has 2 aromatic carbocycles. The van der Waals surface area contributed by atoms with Crippen molar-refractivity contribution in [3.63, 3.8) is 0 Å². The summed E-state index contributed by atoms with van der Waals surface area (Å²) in [5.74, 6) is -0.290. The van der Waals surface area contributed by atoms with E-state index in [1.54, 1.807) is 42.5 Å². The van der Waals surface area contributed by atoms with Crippen molar-refractivity contribution in [1.82, 2.24) is 9.88 Å². The number of Topliss-reactive ketones (excluding diaryl/α,β-unsaturated/α-hetero) is 1. The van der Waals surface area contributed by atoms with Crippen molar-refractivity contribution in [3.8, 4) is 11.5 Å². The molecule has 38 heavy (non-hydrogen) atoms. The molecule has 1 unspecified atom stereocenters. The topological polar surface area (TPSA) is 102 Å². The van der Waals surface area contributed by atoms with Crippen LogP contribution in [0.2, 0.25) is 0 Å². The molecule has 0 spiro atoms. The number of hydrogen-bond donors (Lipinski definition) is 1. The van der Waals surface area contributed by atoms with Crippen LogP contribution in [0, 0.1) is 0 Å². The third-order valence-electron chi connectivity index (χ3n) is 6.22. The third-order valence-corrected chi connectivity index (χ3v) is 6.22. The first kappa shape index (κ1) is 24.8. The SMILES string of the molecule is CCOc1cc(C2/C(=C(\O)c3ccncc3)C(=O)C(=O)N2Cc2ccco2)ccc1OCc1ccccc1. The number of carbonyl (C=O) groups excluding carboxylic acids is 2. The molecule has 192 valence electrons. The molecule has 0 aliphatic carbocycles. The number of ether oxygens (including phenoxy) is 2. The van der Waals surface area contributed by atoms with Gasteiger partial charge in [0.15, 0.2) is 11.5 Å². The van der Waals surface area contributed by atoms with Gasteiger partial charge in [-0.2, -0.15) is 0 Å². The quantitative estimate of drug-likeness (QED) is 0.186. The van der Waals surface area contributed by atoms with E-state index in [-0.39, 0.29) is 17.9 Å². The van der Waals surface area contributed by atoms with E-state index in [1.807, 2.05) is 37.3 Å². The van der Waals surface area contributed by atoms with Gasteiger partial charge < -0.3 is 23.9 Å². The molecule has 8 heteroatoms. The number of nitrogens with zero attached hydrogens (tertiary/aromatic N) is 2. The zero-order valence-corrected chi connectivity index (χ0v) is 20.7. The molecule has 1 aliphatic heterocycles. The largest absolute Gasteiger partial charge is 0.507 e. The van der Waals surface area contributed by atoms with E-state index in [9.17, 15) is 14.7 Å². The molecule has 0 saturated carbocycles. The Balaban J connectivity index is 1.57. The number of furan rings is 1. The van der Waals surface area contributed by atoms with E-state index < -0.39 is 17.7 Å². The normalized spacial score (nSPS) is 16.6. The predicted octanol–water partition coefficient (Wildman–Crippen LogP) is 5.27. The summed E-state index contributed by atoms with van der Waals surface area (Å²) in [6.07, 6.45) is 4.52. The molecule has 2 aromatic heterocycles. The average molecular weight is 511 g/mol. The number of pyridine rings is 1. The van der Waals surface area contributed by atoms with Crippen LogP contribution in [0.5, 0.6) is 11.5 Å². The molecule has 1 saturated heterocycles. The van der Waals surface area contributed by atoms with Crippen LogP contribution in [0.25, 0.3) is 5.76 Å². The number of aromatic nitrogens is 1. The van der Waals surface area contributed by atoms with Gasteiger partial charge in [0.1, 0.15) is 18.1 Å². The first-order valence-electron chi connectivity index (χ1n) is 12.2. The second-order valence-corrected chi connectivity index (χ2v) is 8.66. The summed E-state index contributed by atoms with van der Waals surface area (Å²) in [7, 11) is 0. The second kappa shape index (κ2) is 11.0. The average Bonchev–Trinajstić information content (AvgIpc) is 3.55. The zero-order valence-electron chi connectivity index (χ0n) is 20.7. The number of carbonyl (C=O) groups is 2. The molecule has 8 nitrogen and oxygen atoms in total. The van der Waals surface area contributed by atoms with E-state index in [2.05, 4.69) is 4.98 Å². The van der Waals surface area contributed by atoms with Crippen molar-refractivity contribution in [2.45, 2.75) is 26.1 Å². The lowest BCUT2D eigenvalue weighted by Crippen LogP contribution is -2.29. The molecule has 5 rings (SSSR count). The van der Waals surface area contributed by atoms with Gasteiger partial charge >= 0.3 is 0 Å². The smallest absolute Gasteiger partial charge is 0.296 e. The number of rotatable bonds is 9. The van der Waals surface area contributed by atoms with Crippen LogP contribution in [0.1, 0.15) is 35.4 Å². The Hall–Kier alpha value is -4.85. The Morgan fingerprint density at radius 1 is 0.974 bits per heavy atom. The first-order valence-corrected chi connectivity index (χ1v) is 12.2. The van der Waals surface area contributed by atoms with Gasteiger partial charge in [0.2, 0.25) is 0 Å². The van der Waals surface area contributed by atoms with Crippen molar-refractivity contribution in [2.75, 3.05) is 6.61 Å². The maximum absolute atomic E-state index is 13.3.